The van der Waals surface area contributed by atoms with Crippen LogP contribution in [0.15, 0.2) is 18.5 Å². The lowest BCUT2D eigenvalue weighted by atomic mass is 9.90. The lowest BCUT2D eigenvalue weighted by Gasteiger charge is -2.23. The zero-order valence-electron chi connectivity index (χ0n) is 9.26. The molecule has 1 N–H and O–H groups in total. The summed E-state index contributed by atoms with van der Waals surface area (Å²) in [6.45, 7) is 2.25. The maximum absolute atomic E-state index is 6.12. The molecule has 3 heteroatoms. The molecule has 0 spiro atoms. The lowest BCUT2D eigenvalue weighted by molar-refractivity contribution is 0.369. The maximum atomic E-state index is 6.12. The van der Waals surface area contributed by atoms with E-state index in [-0.39, 0.29) is 0 Å². The Hall–Kier alpha value is -0.600. The quantitative estimate of drug-likeness (QED) is 0.851. The molecule has 2 rings (SSSR count). The minimum absolute atomic E-state index is 0.430. The van der Waals surface area contributed by atoms with E-state index in [0.717, 1.165) is 11.4 Å². The fraction of sp³-hybridized carbons (Fsp3) is 0.583. The normalized spacial score (nSPS) is 19.9. The maximum Gasteiger partial charge on any atom is 0.0621 e. The van der Waals surface area contributed by atoms with Crippen LogP contribution in [0.2, 0.25) is 5.02 Å². The summed E-state index contributed by atoms with van der Waals surface area (Å²) in [7, 11) is 2.03. The van der Waals surface area contributed by atoms with Crippen LogP contribution in [0.25, 0.3) is 0 Å². The van der Waals surface area contributed by atoms with Crippen molar-refractivity contribution in [1.29, 1.82) is 0 Å². The number of nitrogens with one attached hydrogen (secondary N) is 1. The predicted octanol–water partition coefficient (Wildman–Crippen LogP) is 2.67. The second-order valence-electron chi connectivity index (χ2n) is 4.52. The van der Waals surface area contributed by atoms with Gasteiger partial charge in [-0.05, 0) is 50.3 Å². The van der Waals surface area contributed by atoms with E-state index in [9.17, 15) is 0 Å². The van der Waals surface area contributed by atoms with Gasteiger partial charge in [0.1, 0.15) is 0 Å². The Bertz CT molecular complexity index is 347. The number of nitrogens with zero attached hydrogens (tertiary/aromatic N) is 1. The second kappa shape index (κ2) is 4.11. The van der Waals surface area contributed by atoms with Crippen molar-refractivity contribution in [2.24, 2.45) is 5.41 Å². The van der Waals surface area contributed by atoms with Crippen molar-refractivity contribution in [3.05, 3.63) is 29.0 Å². The lowest BCUT2D eigenvalue weighted by Crippen LogP contribution is -2.33. The van der Waals surface area contributed by atoms with Crippen LogP contribution in [0.1, 0.15) is 25.3 Å². The Morgan fingerprint density at radius 1 is 1.60 bits per heavy atom. The van der Waals surface area contributed by atoms with Crippen molar-refractivity contribution in [3.8, 4) is 0 Å². The molecule has 15 heavy (non-hydrogen) atoms. The standard InChI is InChI=1S/C12H17ClN2/c1-9(14-2)12(4-5-12)7-10-3-6-15-8-11(10)13/h3,6,8-9,14H,4-5,7H2,1-2H3. The van der Waals surface area contributed by atoms with E-state index >= 15 is 0 Å². The van der Waals surface area contributed by atoms with Gasteiger partial charge in [0.25, 0.3) is 0 Å². The largest absolute Gasteiger partial charge is 0.317 e. The Morgan fingerprint density at radius 2 is 2.33 bits per heavy atom. The first-order valence-electron chi connectivity index (χ1n) is 5.43. The molecular weight excluding hydrogens is 208 g/mol. The third kappa shape index (κ3) is 2.16. The molecule has 1 unspecified atom stereocenters. The van der Waals surface area contributed by atoms with Gasteiger partial charge in [0.15, 0.2) is 0 Å². The van der Waals surface area contributed by atoms with Gasteiger partial charge in [-0.3, -0.25) is 4.98 Å². The van der Waals surface area contributed by atoms with Gasteiger partial charge in [-0.15, -0.1) is 0 Å². The zero-order valence-corrected chi connectivity index (χ0v) is 10.0. The van der Waals surface area contributed by atoms with Gasteiger partial charge in [-0.1, -0.05) is 11.6 Å². The molecule has 1 fully saturated rings. The number of aromatic nitrogens is 1. The van der Waals surface area contributed by atoms with Crippen LogP contribution in [0.5, 0.6) is 0 Å². The van der Waals surface area contributed by atoms with Crippen molar-refractivity contribution in [3.63, 3.8) is 0 Å². The average Bonchev–Trinajstić information content (AvgIpc) is 3.01. The summed E-state index contributed by atoms with van der Waals surface area (Å²) in [6.07, 6.45) is 7.22. The van der Waals surface area contributed by atoms with Gasteiger partial charge in [0, 0.05) is 18.4 Å². The number of pyridine rings is 1. The molecule has 1 aromatic rings. The van der Waals surface area contributed by atoms with Crippen LogP contribution in [-0.4, -0.2) is 18.1 Å². The van der Waals surface area contributed by atoms with Gasteiger partial charge in [0.05, 0.1) is 5.02 Å². The highest BCUT2D eigenvalue weighted by Gasteiger charge is 2.46. The molecule has 0 aromatic carbocycles. The summed E-state index contributed by atoms with van der Waals surface area (Å²) in [5.74, 6) is 0. The summed E-state index contributed by atoms with van der Waals surface area (Å²) in [4.78, 5) is 4.01. The monoisotopic (exact) mass is 224 g/mol. The molecule has 2 nitrogen and oxygen atoms in total. The molecule has 0 bridgehead atoms. The fourth-order valence-corrected chi connectivity index (χ4v) is 2.34. The Kier molecular flexibility index (Phi) is 2.98. The number of hydrogen-bond donors (Lipinski definition) is 1. The second-order valence-corrected chi connectivity index (χ2v) is 4.92. The summed E-state index contributed by atoms with van der Waals surface area (Å²) in [6, 6.07) is 2.59. The van der Waals surface area contributed by atoms with Crippen LogP contribution in [0.3, 0.4) is 0 Å². The van der Waals surface area contributed by atoms with Gasteiger partial charge in [-0.2, -0.15) is 0 Å². The fourth-order valence-electron chi connectivity index (χ4n) is 2.16. The molecule has 1 heterocycles. The van der Waals surface area contributed by atoms with Crippen LogP contribution in [0, 0.1) is 5.41 Å². The SMILES string of the molecule is CNC(C)C1(Cc2ccncc2Cl)CC1. The topological polar surface area (TPSA) is 24.9 Å². The molecule has 0 amide bonds. The van der Waals surface area contributed by atoms with Gasteiger partial charge < -0.3 is 5.32 Å². The molecule has 0 radical (unpaired) electrons. The molecule has 0 aliphatic heterocycles. The molecule has 1 aliphatic rings. The summed E-state index contributed by atoms with van der Waals surface area (Å²) in [5, 5.41) is 4.15. The molecular formula is C12H17ClN2. The Balaban J connectivity index is 2.12. The van der Waals surface area contributed by atoms with Crippen molar-refractivity contribution in [1.82, 2.24) is 10.3 Å². The van der Waals surface area contributed by atoms with Crippen LogP contribution in [0.4, 0.5) is 0 Å². The molecule has 1 aromatic heterocycles. The first kappa shape index (κ1) is 10.9. The van der Waals surface area contributed by atoms with E-state index < -0.39 is 0 Å². The van der Waals surface area contributed by atoms with E-state index in [1.807, 2.05) is 19.3 Å². The summed E-state index contributed by atoms with van der Waals surface area (Å²) >= 11 is 6.12. The first-order chi connectivity index (χ1) is 7.18. The molecule has 1 aliphatic carbocycles. The minimum atomic E-state index is 0.430. The number of hydrogen-bond acceptors (Lipinski definition) is 2. The van der Waals surface area contributed by atoms with Gasteiger partial charge >= 0.3 is 0 Å². The van der Waals surface area contributed by atoms with Crippen LogP contribution in [-0.2, 0) is 6.42 Å². The zero-order chi connectivity index (χ0) is 10.9. The van der Waals surface area contributed by atoms with Gasteiger partial charge in [0.2, 0.25) is 0 Å². The average molecular weight is 225 g/mol. The Morgan fingerprint density at radius 3 is 2.87 bits per heavy atom. The molecule has 82 valence electrons. The number of halogens is 1. The molecule has 1 atom stereocenters. The van der Waals surface area contributed by atoms with E-state index in [1.165, 1.54) is 18.4 Å². The van der Waals surface area contributed by atoms with E-state index in [0.29, 0.717) is 11.5 Å². The van der Waals surface area contributed by atoms with Crippen molar-refractivity contribution in [2.75, 3.05) is 7.05 Å². The van der Waals surface area contributed by atoms with Crippen LogP contribution < -0.4 is 5.32 Å². The molecule has 0 saturated heterocycles. The van der Waals surface area contributed by atoms with Crippen LogP contribution >= 0.6 is 11.6 Å². The third-order valence-electron chi connectivity index (χ3n) is 3.64. The highest BCUT2D eigenvalue weighted by molar-refractivity contribution is 6.31. The Labute approximate surface area is 96.1 Å². The predicted molar refractivity (Wildman–Crippen MR) is 63.1 cm³/mol. The molecule has 1 saturated carbocycles. The minimum Gasteiger partial charge on any atom is -0.317 e. The number of rotatable bonds is 4. The third-order valence-corrected chi connectivity index (χ3v) is 3.98. The van der Waals surface area contributed by atoms with E-state index in [2.05, 4.69) is 17.2 Å². The van der Waals surface area contributed by atoms with Crippen molar-refractivity contribution < 1.29 is 0 Å². The first-order valence-corrected chi connectivity index (χ1v) is 5.81. The van der Waals surface area contributed by atoms with Gasteiger partial charge in [-0.25, -0.2) is 0 Å². The van der Waals surface area contributed by atoms with E-state index in [1.54, 1.807) is 6.20 Å². The summed E-state index contributed by atoms with van der Waals surface area (Å²) in [5.41, 5.74) is 1.66. The van der Waals surface area contributed by atoms with E-state index in [4.69, 9.17) is 11.6 Å². The summed E-state index contributed by atoms with van der Waals surface area (Å²) < 4.78 is 0. The smallest absolute Gasteiger partial charge is 0.0621 e. The van der Waals surface area contributed by atoms with Crippen molar-refractivity contribution >= 4 is 11.6 Å². The highest BCUT2D eigenvalue weighted by Crippen LogP contribution is 2.51. The highest BCUT2D eigenvalue weighted by atomic mass is 35.5. The van der Waals surface area contributed by atoms with Crippen molar-refractivity contribution in [2.45, 2.75) is 32.2 Å².